The van der Waals surface area contributed by atoms with Crippen LogP contribution < -0.4 is 5.32 Å². The van der Waals surface area contributed by atoms with Gasteiger partial charge in [0.15, 0.2) is 5.13 Å². The van der Waals surface area contributed by atoms with E-state index in [1.54, 1.807) is 0 Å². The lowest BCUT2D eigenvalue weighted by molar-refractivity contribution is -0.131. The second-order valence-electron chi connectivity index (χ2n) is 6.30. The van der Waals surface area contributed by atoms with Crippen molar-refractivity contribution in [2.75, 3.05) is 18.4 Å². The highest BCUT2D eigenvalue weighted by Gasteiger charge is 2.15. The SMILES string of the molecule is CC(=O)Nc1nc2ccc(CCC(=O)N3CCCCCC3)cc2s1. The molecule has 1 N–H and O–H groups in total. The van der Waals surface area contributed by atoms with Crippen LogP contribution in [0.2, 0.25) is 0 Å². The van der Waals surface area contributed by atoms with Crippen molar-refractivity contribution in [1.29, 1.82) is 0 Å². The van der Waals surface area contributed by atoms with E-state index in [1.165, 1.54) is 31.1 Å². The fourth-order valence-corrected chi connectivity index (χ4v) is 4.03. The van der Waals surface area contributed by atoms with E-state index in [9.17, 15) is 9.59 Å². The number of benzene rings is 1. The molecule has 5 nitrogen and oxygen atoms in total. The highest BCUT2D eigenvalue weighted by Crippen LogP contribution is 2.27. The second-order valence-corrected chi connectivity index (χ2v) is 7.33. The van der Waals surface area contributed by atoms with Crippen LogP contribution in [0.25, 0.3) is 10.2 Å². The number of rotatable bonds is 4. The van der Waals surface area contributed by atoms with Gasteiger partial charge >= 0.3 is 0 Å². The molecule has 2 heterocycles. The number of hydrogen-bond donors (Lipinski definition) is 1. The summed E-state index contributed by atoms with van der Waals surface area (Å²) in [6.45, 7) is 3.30. The fourth-order valence-electron chi connectivity index (χ4n) is 3.06. The maximum atomic E-state index is 12.4. The molecule has 1 fully saturated rings. The van der Waals surface area contributed by atoms with Gasteiger partial charge in [-0.25, -0.2) is 4.98 Å². The van der Waals surface area contributed by atoms with E-state index in [0.29, 0.717) is 11.6 Å². The summed E-state index contributed by atoms with van der Waals surface area (Å²) in [5, 5.41) is 3.34. The number of aromatic nitrogens is 1. The largest absolute Gasteiger partial charge is 0.343 e. The van der Waals surface area contributed by atoms with Crippen molar-refractivity contribution in [3.05, 3.63) is 23.8 Å². The number of fused-ring (bicyclic) bond motifs is 1. The Balaban J connectivity index is 1.62. The lowest BCUT2D eigenvalue weighted by atomic mass is 10.1. The van der Waals surface area contributed by atoms with Gasteiger partial charge in [0.1, 0.15) is 0 Å². The minimum Gasteiger partial charge on any atom is -0.343 e. The highest BCUT2D eigenvalue weighted by molar-refractivity contribution is 7.22. The molecule has 0 bridgehead atoms. The Morgan fingerprint density at radius 3 is 2.67 bits per heavy atom. The molecular weight excluding hydrogens is 322 g/mol. The smallest absolute Gasteiger partial charge is 0.223 e. The zero-order valence-corrected chi connectivity index (χ0v) is 14.8. The average Bonchev–Trinajstić information content (AvgIpc) is 2.76. The van der Waals surface area contributed by atoms with Gasteiger partial charge in [0.25, 0.3) is 0 Å². The lowest BCUT2D eigenvalue weighted by Crippen LogP contribution is -2.31. The van der Waals surface area contributed by atoms with E-state index >= 15 is 0 Å². The minimum absolute atomic E-state index is 0.114. The van der Waals surface area contributed by atoms with Crippen molar-refractivity contribution in [2.45, 2.75) is 45.4 Å². The second kappa shape index (κ2) is 7.75. The minimum atomic E-state index is -0.114. The number of carbonyl (C=O) groups is 2. The molecule has 1 saturated heterocycles. The number of hydrogen-bond acceptors (Lipinski definition) is 4. The summed E-state index contributed by atoms with van der Waals surface area (Å²) in [7, 11) is 0. The van der Waals surface area contributed by atoms with Gasteiger partial charge in [-0.3, -0.25) is 9.59 Å². The topological polar surface area (TPSA) is 62.3 Å². The van der Waals surface area contributed by atoms with Crippen molar-refractivity contribution in [3.63, 3.8) is 0 Å². The number of likely N-dealkylation sites (tertiary alicyclic amines) is 1. The Labute approximate surface area is 146 Å². The number of thiazole rings is 1. The van der Waals surface area contributed by atoms with Gasteiger partial charge < -0.3 is 10.2 Å². The molecular formula is C18H23N3O2S. The molecule has 2 amide bonds. The van der Waals surface area contributed by atoms with Crippen molar-refractivity contribution >= 4 is 38.5 Å². The van der Waals surface area contributed by atoms with E-state index in [2.05, 4.69) is 16.4 Å². The number of aryl methyl sites for hydroxylation is 1. The first-order chi connectivity index (χ1) is 11.6. The molecule has 2 aromatic rings. The summed E-state index contributed by atoms with van der Waals surface area (Å²) in [6.07, 6.45) is 6.04. The van der Waals surface area contributed by atoms with Gasteiger partial charge in [0, 0.05) is 26.4 Å². The monoisotopic (exact) mass is 345 g/mol. The molecule has 0 unspecified atom stereocenters. The molecule has 6 heteroatoms. The molecule has 0 aliphatic carbocycles. The number of carbonyl (C=O) groups excluding carboxylic acids is 2. The van der Waals surface area contributed by atoms with Gasteiger partial charge in [0.05, 0.1) is 10.2 Å². The van der Waals surface area contributed by atoms with Gasteiger partial charge in [-0.1, -0.05) is 30.2 Å². The summed E-state index contributed by atoms with van der Waals surface area (Å²) >= 11 is 1.47. The first-order valence-corrected chi connectivity index (χ1v) is 9.38. The van der Waals surface area contributed by atoms with Crippen LogP contribution in [0.1, 0.15) is 44.6 Å². The molecule has 24 heavy (non-hydrogen) atoms. The molecule has 0 spiro atoms. The van der Waals surface area contributed by atoms with Gasteiger partial charge in [-0.2, -0.15) is 0 Å². The Hall–Kier alpha value is -1.95. The number of nitrogens with one attached hydrogen (secondary N) is 1. The predicted molar refractivity (Wildman–Crippen MR) is 97.3 cm³/mol. The molecule has 1 aliphatic heterocycles. The fraction of sp³-hybridized carbons (Fsp3) is 0.500. The third-order valence-electron chi connectivity index (χ3n) is 4.32. The van der Waals surface area contributed by atoms with Gasteiger partial charge in [0.2, 0.25) is 11.8 Å². The lowest BCUT2D eigenvalue weighted by Gasteiger charge is -2.20. The Kier molecular flexibility index (Phi) is 5.45. The van der Waals surface area contributed by atoms with Crippen LogP contribution in [0.4, 0.5) is 5.13 Å². The number of amides is 2. The molecule has 1 aromatic heterocycles. The Morgan fingerprint density at radius 1 is 1.21 bits per heavy atom. The average molecular weight is 345 g/mol. The van der Waals surface area contributed by atoms with E-state index in [4.69, 9.17) is 0 Å². The number of nitrogens with zero attached hydrogens (tertiary/aromatic N) is 2. The van der Waals surface area contributed by atoms with Crippen LogP contribution in [0.3, 0.4) is 0 Å². The predicted octanol–water partition coefficient (Wildman–Crippen LogP) is 3.59. The third kappa shape index (κ3) is 4.32. The summed E-state index contributed by atoms with van der Waals surface area (Å²) in [5.41, 5.74) is 2.02. The van der Waals surface area contributed by atoms with Crippen molar-refractivity contribution < 1.29 is 9.59 Å². The van der Waals surface area contributed by atoms with Crippen molar-refractivity contribution in [1.82, 2.24) is 9.88 Å². The first-order valence-electron chi connectivity index (χ1n) is 8.56. The maximum absolute atomic E-state index is 12.4. The van der Waals surface area contributed by atoms with Gasteiger partial charge in [-0.05, 0) is 37.0 Å². The molecule has 0 radical (unpaired) electrons. The molecule has 0 saturated carbocycles. The maximum Gasteiger partial charge on any atom is 0.223 e. The summed E-state index contributed by atoms with van der Waals surface area (Å²) in [4.78, 5) is 29.9. The van der Waals surface area contributed by atoms with Crippen LogP contribution in [-0.4, -0.2) is 34.8 Å². The summed E-state index contributed by atoms with van der Waals surface area (Å²) in [6, 6.07) is 6.06. The molecule has 128 valence electrons. The van der Waals surface area contributed by atoms with Crippen LogP contribution in [-0.2, 0) is 16.0 Å². The van der Waals surface area contributed by atoms with E-state index < -0.39 is 0 Å². The number of anilines is 1. The zero-order chi connectivity index (χ0) is 16.9. The van der Waals surface area contributed by atoms with Crippen molar-refractivity contribution in [3.8, 4) is 0 Å². The Morgan fingerprint density at radius 2 is 1.96 bits per heavy atom. The van der Waals surface area contributed by atoms with E-state index in [0.717, 1.165) is 48.1 Å². The van der Waals surface area contributed by atoms with E-state index in [1.807, 2.05) is 17.0 Å². The first kappa shape index (κ1) is 16.9. The molecule has 1 aromatic carbocycles. The Bertz CT molecular complexity index is 733. The normalized spacial score (nSPS) is 15.3. The zero-order valence-electron chi connectivity index (χ0n) is 14.0. The van der Waals surface area contributed by atoms with Crippen LogP contribution in [0.5, 0.6) is 0 Å². The van der Waals surface area contributed by atoms with Crippen LogP contribution in [0.15, 0.2) is 18.2 Å². The molecule has 1 aliphatic rings. The third-order valence-corrected chi connectivity index (χ3v) is 5.26. The van der Waals surface area contributed by atoms with Crippen LogP contribution >= 0.6 is 11.3 Å². The summed E-state index contributed by atoms with van der Waals surface area (Å²) in [5.74, 6) is 0.151. The molecule has 3 rings (SSSR count). The van der Waals surface area contributed by atoms with Crippen molar-refractivity contribution in [2.24, 2.45) is 0 Å². The van der Waals surface area contributed by atoms with E-state index in [-0.39, 0.29) is 11.8 Å². The quantitative estimate of drug-likeness (QED) is 0.921. The molecule has 0 atom stereocenters. The highest BCUT2D eigenvalue weighted by atomic mass is 32.1. The standard InChI is InChI=1S/C18H23N3O2S/c1-13(22)19-18-20-15-8-6-14(12-16(15)24-18)7-9-17(23)21-10-4-2-3-5-11-21/h6,8,12H,2-5,7,9-11H2,1H3,(H,19,20,22). The van der Waals surface area contributed by atoms with Crippen LogP contribution in [0, 0.1) is 0 Å². The summed E-state index contributed by atoms with van der Waals surface area (Å²) < 4.78 is 1.04. The van der Waals surface area contributed by atoms with Gasteiger partial charge in [-0.15, -0.1) is 0 Å².